The van der Waals surface area contributed by atoms with Gasteiger partial charge in [-0.2, -0.15) is 0 Å². The number of amides is 1. The molecule has 0 aromatic heterocycles. The minimum absolute atomic E-state index is 0.0390. The van der Waals surface area contributed by atoms with Gasteiger partial charge in [0.2, 0.25) is 0 Å². The van der Waals surface area contributed by atoms with Gasteiger partial charge in [0.25, 0.3) is 5.91 Å². The minimum Gasteiger partial charge on any atom is -0.490 e. The second-order valence-corrected chi connectivity index (χ2v) is 6.01. The van der Waals surface area contributed by atoms with Crippen LogP contribution >= 0.6 is 0 Å². The van der Waals surface area contributed by atoms with E-state index in [-0.39, 0.29) is 25.5 Å². The maximum Gasteiger partial charge on any atom is 0.309 e. The summed E-state index contributed by atoms with van der Waals surface area (Å²) in [6.45, 7) is 6.11. The third-order valence-corrected chi connectivity index (χ3v) is 3.73. The molecule has 144 valence electrons. The highest BCUT2D eigenvalue weighted by Gasteiger charge is 2.10. The summed E-state index contributed by atoms with van der Waals surface area (Å²) in [6, 6.07) is 13.0. The number of anilines is 1. The van der Waals surface area contributed by atoms with E-state index in [0.717, 1.165) is 11.1 Å². The summed E-state index contributed by atoms with van der Waals surface area (Å²) in [5.41, 5.74) is 2.77. The van der Waals surface area contributed by atoms with Crippen molar-refractivity contribution in [1.29, 1.82) is 0 Å². The number of aryl methyl sites for hydroxylation is 2. The number of para-hydroxylation sites is 2. The molecule has 0 aliphatic carbocycles. The molecule has 0 saturated heterocycles. The molecular weight excluding hydrogens is 346 g/mol. The second-order valence-electron chi connectivity index (χ2n) is 6.01. The van der Waals surface area contributed by atoms with Crippen LogP contribution in [-0.4, -0.2) is 31.7 Å². The van der Waals surface area contributed by atoms with Gasteiger partial charge in [0, 0.05) is 5.69 Å². The quantitative estimate of drug-likeness (QED) is 0.681. The van der Waals surface area contributed by atoms with Crippen molar-refractivity contribution in [3.8, 4) is 11.5 Å². The number of carbonyl (C=O) groups is 2. The Labute approximate surface area is 159 Å². The Balaban J connectivity index is 1.72. The van der Waals surface area contributed by atoms with Crippen LogP contribution in [0.25, 0.3) is 0 Å². The average Bonchev–Trinajstić information content (AvgIpc) is 2.64. The van der Waals surface area contributed by atoms with Crippen LogP contribution in [0.4, 0.5) is 5.69 Å². The zero-order chi connectivity index (χ0) is 19.6. The fraction of sp³-hybridized carbons (Fsp3) is 0.333. The van der Waals surface area contributed by atoms with Gasteiger partial charge in [-0.15, -0.1) is 0 Å². The molecule has 0 bridgehead atoms. The third-order valence-electron chi connectivity index (χ3n) is 3.73. The fourth-order valence-electron chi connectivity index (χ4n) is 2.45. The summed E-state index contributed by atoms with van der Waals surface area (Å²) in [6.07, 6.45) is 0.0390. The summed E-state index contributed by atoms with van der Waals surface area (Å²) < 4.78 is 16.0. The average molecular weight is 371 g/mol. The van der Waals surface area contributed by atoms with Crippen molar-refractivity contribution >= 4 is 17.6 Å². The number of hydrogen-bond donors (Lipinski definition) is 1. The van der Waals surface area contributed by atoms with Gasteiger partial charge in [0.1, 0.15) is 0 Å². The summed E-state index contributed by atoms with van der Waals surface area (Å²) in [5, 5.41) is 2.73. The first-order valence-corrected chi connectivity index (χ1v) is 8.87. The summed E-state index contributed by atoms with van der Waals surface area (Å²) in [5.74, 6) is 0.318. The van der Waals surface area contributed by atoms with Gasteiger partial charge < -0.3 is 19.5 Å². The third kappa shape index (κ3) is 6.66. The van der Waals surface area contributed by atoms with E-state index in [2.05, 4.69) is 5.32 Å². The van der Waals surface area contributed by atoms with Crippen LogP contribution in [0.1, 0.15) is 24.5 Å². The van der Waals surface area contributed by atoms with Gasteiger partial charge in [0.15, 0.2) is 18.1 Å². The second kappa shape index (κ2) is 10.2. The fourth-order valence-corrected chi connectivity index (χ4v) is 2.45. The highest BCUT2D eigenvalue weighted by molar-refractivity contribution is 5.93. The molecule has 2 aromatic rings. The molecule has 27 heavy (non-hydrogen) atoms. The Morgan fingerprint density at radius 3 is 2.37 bits per heavy atom. The summed E-state index contributed by atoms with van der Waals surface area (Å²) in [4.78, 5) is 23.7. The zero-order valence-corrected chi connectivity index (χ0v) is 15.9. The van der Waals surface area contributed by atoms with E-state index >= 15 is 0 Å². The monoisotopic (exact) mass is 371 g/mol. The van der Waals surface area contributed by atoms with Gasteiger partial charge in [-0.25, -0.2) is 0 Å². The predicted molar refractivity (Wildman–Crippen MR) is 103 cm³/mol. The molecule has 1 amide bonds. The molecule has 2 aromatic carbocycles. The van der Waals surface area contributed by atoms with E-state index < -0.39 is 5.97 Å². The van der Waals surface area contributed by atoms with E-state index in [0.29, 0.717) is 23.8 Å². The molecule has 6 nitrogen and oxygen atoms in total. The van der Waals surface area contributed by atoms with Crippen LogP contribution in [0.15, 0.2) is 42.5 Å². The van der Waals surface area contributed by atoms with E-state index in [4.69, 9.17) is 14.2 Å². The first-order valence-electron chi connectivity index (χ1n) is 8.87. The Morgan fingerprint density at radius 1 is 1.00 bits per heavy atom. The number of hydrogen-bond acceptors (Lipinski definition) is 5. The molecule has 0 fully saturated rings. The molecule has 0 spiro atoms. The van der Waals surface area contributed by atoms with E-state index in [9.17, 15) is 9.59 Å². The number of rotatable bonds is 9. The maximum atomic E-state index is 11.9. The smallest absolute Gasteiger partial charge is 0.309 e. The van der Waals surface area contributed by atoms with Crippen molar-refractivity contribution in [2.24, 2.45) is 0 Å². The number of benzene rings is 2. The van der Waals surface area contributed by atoms with Crippen molar-refractivity contribution in [3.63, 3.8) is 0 Å². The Kier molecular flexibility index (Phi) is 7.67. The van der Waals surface area contributed by atoms with E-state index in [1.807, 2.05) is 51.1 Å². The van der Waals surface area contributed by atoms with E-state index in [1.165, 1.54) is 0 Å². The Hall–Kier alpha value is -3.02. The van der Waals surface area contributed by atoms with Crippen molar-refractivity contribution in [2.45, 2.75) is 27.2 Å². The normalized spacial score (nSPS) is 10.2. The molecule has 1 N–H and O–H groups in total. The van der Waals surface area contributed by atoms with Crippen molar-refractivity contribution < 1.29 is 23.8 Å². The Bertz CT molecular complexity index is 788. The van der Waals surface area contributed by atoms with Gasteiger partial charge in [-0.05, 0) is 44.5 Å². The van der Waals surface area contributed by atoms with E-state index in [1.54, 1.807) is 12.1 Å². The highest BCUT2D eigenvalue weighted by atomic mass is 16.5. The predicted octanol–water partition coefficient (Wildman–Crippen LogP) is 3.65. The number of carbonyl (C=O) groups excluding carboxylic acids is 2. The number of ether oxygens (including phenoxy) is 3. The first-order chi connectivity index (χ1) is 13.0. The molecule has 0 heterocycles. The highest BCUT2D eigenvalue weighted by Crippen LogP contribution is 2.26. The lowest BCUT2D eigenvalue weighted by Gasteiger charge is -2.12. The molecule has 6 heteroatoms. The lowest BCUT2D eigenvalue weighted by molar-refractivity contribution is -0.147. The van der Waals surface area contributed by atoms with Crippen molar-refractivity contribution in [1.82, 2.24) is 0 Å². The van der Waals surface area contributed by atoms with Crippen LogP contribution in [-0.2, 0) is 14.3 Å². The zero-order valence-electron chi connectivity index (χ0n) is 15.9. The van der Waals surface area contributed by atoms with Gasteiger partial charge >= 0.3 is 5.97 Å². The van der Waals surface area contributed by atoms with Crippen molar-refractivity contribution in [2.75, 3.05) is 25.1 Å². The number of nitrogens with one attached hydrogen (secondary N) is 1. The molecule has 2 rings (SSSR count). The summed E-state index contributed by atoms with van der Waals surface area (Å²) >= 11 is 0. The van der Waals surface area contributed by atoms with Crippen LogP contribution in [0, 0.1) is 13.8 Å². The number of esters is 1. The molecule has 0 aliphatic rings. The van der Waals surface area contributed by atoms with Crippen LogP contribution < -0.4 is 14.8 Å². The summed E-state index contributed by atoms with van der Waals surface area (Å²) in [7, 11) is 0. The van der Waals surface area contributed by atoms with Crippen LogP contribution in [0.2, 0.25) is 0 Å². The molecule has 0 aliphatic heterocycles. The molecule has 0 unspecified atom stereocenters. The lowest BCUT2D eigenvalue weighted by atomic mass is 10.1. The van der Waals surface area contributed by atoms with Crippen molar-refractivity contribution in [3.05, 3.63) is 53.6 Å². The van der Waals surface area contributed by atoms with Gasteiger partial charge in [0.05, 0.1) is 19.6 Å². The Morgan fingerprint density at radius 2 is 1.70 bits per heavy atom. The maximum absolute atomic E-state index is 11.9. The minimum atomic E-state index is -0.500. The lowest BCUT2D eigenvalue weighted by Crippen LogP contribution is -2.22. The standard InChI is InChI=1S/C21H25NO5/c1-4-25-18-7-5-6-8-19(18)26-12-11-21(24)27-14-20(23)22-17-10-9-15(2)13-16(17)3/h5-10,13H,4,11-12,14H2,1-3H3,(H,22,23). The SMILES string of the molecule is CCOc1ccccc1OCCC(=O)OCC(=O)Nc1ccc(C)cc1C. The van der Waals surface area contributed by atoms with Crippen LogP contribution in [0.5, 0.6) is 11.5 Å². The first kappa shape index (κ1) is 20.3. The van der Waals surface area contributed by atoms with Crippen LogP contribution in [0.3, 0.4) is 0 Å². The molecular formula is C21H25NO5. The molecule has 0 radical (unpaired) electrons. The molecule has 0 atom stereocenters. The topological polar surface area (TPSA) is 73.9 Å². The largest absolute Gasteiger partial charge is 0.490 e. The molecule has 0 saturated carbocycles. The van der Waals surface area contributed by atoms with Gasteiger partial charge in [-0.3, -0.25) is 9.59 Å². The van der Waals surface area contributed by atoms with Gasteiger partial charge in [-0.1, -0.05) is 29.8 Å².